The highest BCUT2D eigenvalue weighted by Crippen LogP contribution is 2.19. The molecule has 1 heterocycles. The fraction of sp³-hybridized carbons (Fsp3) is 0.200. The predicted octanol–water partition coefficient (Wildman–Crippen LogP) is 1.48. The summed E-state index contributed by atoms with van der Waals surface area (Å²) in [6.07, 6.45) is 0. The molecule has 0 radical (unpaired) electrons. The van der Waals surface area contributed by atoms with Gasteiger partial charge in [-0.2, -0.15) is 5.21 Å². The molecule has 1 amide bonds. The van der Waals surface area contributed by atoms with Crippen LogP contribution in [0.5, 0.6) is 0 Å². The van der Waals surface area contributed by atoms with Gasteiger partial charge in [0.05, 0.1) is 16.6 Å². The second-order valence-electron chi connectivity index (χ2n) is 3.56. The van der Waals surface area contributed by atoms with Crippen molar-refractivity contribution in [1.29, 1.82) is 0 Å². The van der Waals surface area contributed by atoms with Gasteiger partial charge in [-0.1, -0.05) is 22.9 Å². The third-order valence-corrected chi connectivity index (χ3v) is 2.60. The van der Waals surface area contributed by atoms with Crippen molar-refractivity contribution in [2.24, 2.45) is 0 Å². The molecule has 8 heteroatoms. The van der Waals surface area contributed by atoms with Crippen molar-refractivity contribution in [3.63, 3.8) is 0 Å². The van der Waals surface area contributed by atoms with Crippen LogP contribution in [0.3, 0.4) is 0 Å². The standard InChI is InChI=1S/C10H9ClFN5O/c1-5(9-14-16-17-15-9)13-10(18)8-6(11)3-2-4-7(8)12/h2-5H,1H3,(H,13,18)(H,14,15,16,17). The summed E-state index contributed by atoms with van der Waals surface area (Å²) in [6, 6.07) is 3.53. The Hall–Kier alpha value is -2.02. The summed E-state index contributed by atoms with van der Waals surface area (Å²) in [6.45, 7) is 1.65. The molecule has 94 valence electrons. The Morgan fingerprint density at radius 2 is 2.33 bits per heavy atom. The molecule has 1 atom stereocenters. The van der Waals surface area contributed by atoms with E-state index in [-0.39, 0.29) is 10.6 Å². The van der Waals surface area contributed by atoms with Crippen LogP contribution >= 0.6 is 11.6 Å². The van der Waals surface area contributed by atoms with E-state index >= 15 is 0 Å². The number of hydrogen-bond donors (Lipinski definition) is 2. The fourth-order valence-electron chi connectivity index (χ4n) is 1.40. The molecule has 0 bridgehead atoms. The van der Waals surface area contributed by atoms with E-state index in [2.05, 4.69) is 25.9 Å². The molecule has 0 saturated carbocycles. The molecule has 2 aromatic rings. The van der Waals surface area contributed by atoms with E-state index in [1.165, 1.54) is 18.2 Å². The van der Waals surface area contributed by atoms with Gasteiger partial charge < -0.3 is 5.32 Å². The maximum Gasteiger partial charge on any atom is 0.256 e. The van der Waals surface area contributed by atoms with Gasteiger partial charge in [0, 0.05) is 0 Å². The number of nitrogens with one attached hydrogen (secondary N) is 2. The lowest BCUT2D eigenvalue weighted by atomic mass is 10.2. The van der Waals surface area contributed by atoms with E-state index in [0.29, 0.717) is 5.82 Å². The van der Waals surface area contributed by atoms with E-state index in [4.69, 9.17) is 11.6 Å². The minimum Gasteiger partial charge on any atom is -0.342 e. The van der Waals surface area contributed by atoms with Crippen LogP contribution in [-0.2, 0) is 0 Å². The van der Waals surface area contributed by atoms with Crippen molar-refractivity contribution in [1.82, 2.24) is 25.9 Å². The quantitative estimate of drug-likeness (QED) is 0.884. The monoisotopic (exact) mass is 269 g/mol. The minimum atomic E-state index is -0.680. The van der Waals surface area contributed by atoms with E-state index < -0.39 is 17.8 Å². The summed E-state index contributed by atoms with van der Waals surface area (Å²) in [5.74, 6) is -1.01. The molecule has 1 unspecified atom stereocenters. The van der Waals surface area contributed by atoms with Crippen LogP contribution in [0.1, 0.15) is 29.1 Å². The number of tetrazole rings is 1. The van der Waals surface area contributed by atoms with Crippen molar-refractivity contribution in [3.8, 4) is 0 Å². The topological polar surface area (TPSA) is 83.6 Å². The Kier molecular flexibility index (Phi) is 3.52. The Morgan fingerprint density at radius 1 is 1.56 bits per heavy atom. The third kappa shape index (κ3) is 2.45. The van der Waals surface area contributed by atoms with Crippen LogP contribution in [0.25, 0.3) is 0 Å². The number of nitrogens with zero attached hydrogens (tertiary/aromatic N) is 3. The molecule has 18 heavy (non-hydrogen) atoms. The Balaban J connectivity index is 2.18. The van der Waals surface area contributed by atoms with Gasteiger partial charge in [-0.25, -0.2) is 4.39 Å². The molecule has 0 spiro atoms. The second-order valence-corrected chi connectivity index (χ2v) is 3.97. The molecule has 0 aliphatic heterocycles. The molecule has 2 N–H and O–H groups in total. The summed E-state index contributed by atoms with van der Waals surface area (Å²) in [5, 5.41) is 15.7. The summed E-state index contributed by atoms with van der Waals surface area (Å²) < 4.78 is 13.5. The number of benzene rings is 1. The minimum absolute atomic E-state index is 0.0489. The summed E-state index contributed by atoms with van der Waals surface area (Å²) >= 11 is 5.78. The molecule has 6 nitrogen and oxygen atoms in total. The fourth-order valence-corrected chi connectivity index (χ4v) is 1.65. The number of carbonyl (C=O) groups excluding carboxylic acids is 1. The third-order valence-electron chi connectivity index (χ3n) is 2.29. The first-order chi connectivity index (χ1) is 8.59. The SMILES string of the molecule is CC(NC(=O)c1c(F)cccc1Cl)c1nn[nH]n1. The van der Waals surface area contributed by atoms with Crippen LogP contribution in [0.4, 0.5) is 4.39 Å². The number of amides is 1. The van der Waals surface area contributed by atoms with E-state index in [0.717, 1.165) is 0 Å². The normalized spacial score (nSPS) is 12.2. The van der Waals surface area contributed by atoms with Crippen LogP contribution < -0.4 is 5.32 Å². The number of rotatable bonds is 3. The van der Waals surface area contributed by atoms with Crippen molar-refractivity contribution in [3.05, 3.63) is 40.4 Å². The maximum absolute atomic E-state index is 13.5. The zero-order chi connectivity index (χ0) is 13.1. The van der Waals surface area contributed by atoms with Crippen molar-refractivity contribution in [2.75, 3.05) is 0 Å². The maximum atomic E-state index is 13.5. The lowest BCUT2D eigenvalue weighted by molar-refractivity contribution is 0.0934. The molecular formula is C10H9ClFN5O. The van der Waals surface area contributed by atoms with Gasteiger partial charge in [0.1, 0.15) is 5.82 Å². The highest BCUT2D eigenvalue weighted by atomic mass is 35.5. The zero-order valence-electron chi connectivity index (χ0n) is 9.32. The molecule has 0 aliphatic rings. The van der Waals surface area contributed by atoms with Crippen LogP contribution in [0.15, 0.2) is 18.2 Å². The van der Waals surface area contributed by atoms with Gasteiger partial charge in [-0.05, 0) is 19.1 Å². The van der Waals surface area contributed by atoms with Gasteiger partial charge in [-0.3, -0.25) is 4.79 Å². The smallest absolute Gasteiger partial charge is 0.256 e. The van der Waals surface area contributed by atoms with Gasteiger partial charge in [-0.15, -0.1) is 10.2 Å². The average molecular weight is 270 g/mol. The van der Waals surface area contributed by atoms with E-state index in [1.54, 1.807) is 6.92 Å². The second kappa shape index (κ2) is 5.09. The van der Waals surface area contributed by atoms with E-state index in [1.807, 2.05) is 0 Å². The predicted molar refractivity (Wildman–Crippen MR) is 61.5 cm³/mol. The lowest BCUT2D eigenvalue weighted by Gasteiger charge is -2.11. The first-order valence-electron chi connectivity index (χ1n) is 5.08. The van der Waals surface area contributed by atoms with Crippen LogP contribution in [-0.4, -0.2) is 26.5 Å². The summed E-state index contributed by atoms with van der Waals surface area (Å²) in [5.41, 5.74) is -0.200. The van der Waals surface area contributed by atoms with Gasteiger partial charge in [0.2, 0.25) is 0 Å². The number of hydrogen-bond acceptors (Lipinski definition) is 4. The first-order valence-corrected chi connectivity index (χ1v) is 5.45. The number of halogens is 2. The van der Waals surface area contributed by atoms with Crippen molar-refractivity contribution in [2.45, 2.75) is 13.0 Å². The molecule has 2 rings (SSSR count). The Labute approximate surface area is 107 Å². The molecule has 0 aliphatic carbocycles. The lowest BCUT2D eigenvalue weighted by Crippen LogP contribution is -2.28. The van der Waals surface area contributed by atoms with Crippen molar-refractivity contribution >= 4 is 17.5 Å². The molecule has 1 aromatic carbocycles. The van der Waals surface area contributed by atoms with Gasteiger partial charge in [0.25, 0.3) is 5.91 Å². The molecule has 1 aromatic heterocycles. The zero-order valence-corrected chi connectivity index (χ0v) is 10.1. The van der Waals surface area contributed by atoms with Crippen LogP contribution in [0.2, 0.25) is 5.02 Å². The number of aromatic nitrogens is 4. The highest BCUT2D eigenvalue weighted by molar-refractivity contribution is 6.33. The Bertz CT molecular complexity index is 539. The molecule has 0 saturated heterocycles. The number of carbonyl (C=O) groups is 1. The van der Waals surface area contributed by atoms with Crippen LogP contribution in [0, 0.1) is 5.82 Å². The average Bonchev–Trinajstić information content (AvgIpc) is 2.81. The van der Waals surface area contributed by atoms with Gasteiger partial charge >= 0.3 is 0 Å². The highest BCUT2D eigenvalue weighted by Gasteiger charge is 2.19. The summed E-state index contributed by atoms with van der Waals surface area (Å²) in [7, 11) is 0. The summed E-state index contributed by atoms with van der Waals surface area (Å²) in [4.78, 5) is 11.9. The molecular weight excluding hydrogens is 261 g/mol. The largest absolute Gasteiger partial charge is 0.342 e. The van der Waals surface area contributed by atoms with Gasteiger partial charge in [0.15, 0.2) is 5.82 Å². The number of aromatic amines is 1. The first kappa shape index (κ1) is 12.4. The Morgan fingerprint density at radius 3 is 2.94 bits per heavy atom. The van der Waals surface area contributed by atoms with Crippen molar-refractivity contribution < 1.29 is 9.18 Å². The number of H-pyrrole nitrogens is 1. The van der Waals surface area contributed by atoms with E-state index in [9.17, 15) is 9.18 Å². The molecule has 0 fully saturated rings.